The van der Waals surface area contributed by atoms with Crippen LogP contribution in [0.1, 0.15) is 23.4 Å². The normalized spacial score (nSPS) is 12.5. The molecule has 2 heterocycles. The zero-order chi connectivity index (χ0) is 14.7. The van der Waals surface area contributed by atoms with Gasteiger partial charge in [0.1, 0.15) is 0 Å². The van der Waals surface area contributed by atoms with Gasteiger partial charge in [0, 0.05) is 35.5 Å². The highest BCUT2D eigenvalue weighted by atomic mass is 79.9. The Morgan fingerprint density at radius 2 is 2.05 bits per heavy atom. The standard InChI is InChI=1S/C16H16BrN3S/c1-12(19-10-15-6-7-16(17)21-15)13-2-4-14(5-3-13)20-9-8-18-11-20/h2-9,11-12,19H,10H2,1H3. The summed E-state index contributed by atoms with van der Waals surface area (Å²) in [5.74, 6) is 0. The topological polar surface area (TPSA) is 29.9 Å². The fourth-order valence-electron chi connectivity index (χ4n) is 2.17. The highest BCUT2D eigenvalue weighted by Gasteiger charge is 2.06. The molecular weight excluding hydrogens is 346 g/mol. The van der Waals surface area contributed by atoms with Crippen LogP contribution in [0.4, 0.5) is 0 Å². The first-order valence-electron chi connectivity index (χ1n) is 6.78. The van der Waals surface area contributed by atoms with E-state index in [0.29, 0.717) is 6.04 Å². The third kappa shape index (κ3) is 3.61. The van der Waals surface area contributed by atoms with Gasteiger partial charge >= 0.3 is 0 Å². The second-order valence-corrected chi connectivity index (χ2v) is 7.42. The molecule has 0 amide bonds. The Morgan fingerprint density at radius 1 is 1.24 bits per heavy atom. The van der Waals surface area contributed by atoms with Crippen LogP contribution in [0.15, 0.2) is 58.9 Å². The highest BCUT2D eigenvalue weighted by Crippen LogP contribution is 2.23. The molecule has 2 aromatic heterocycles. The Kier molecular flexibility index (Phi) is 4.53. The molecule has 3 aromatic rings. The van der Waals surface area contributed by atoms with Gasteiger partial charge in [0.05, 0.1) is 10.1 Å². The predicted octanol–water partition coefficient (Wildman–Crippen LogP) is 4.55. The lowest BCUT2D eigenvalue weighted by Crippen LogP contribution is -2.17. The molecule has 1 atom stereocenters. The van der Waals surface area contributed by atoms with Crippen molar-refractivity contribution in [3.63, 3.8) is 0 Å². The first kappa shape index (κ1) is 14.5. The number of nitrogens with one attached hydrogen (secondary N) is 1. The van der Waals surface area contributed by atoms with E-state index in [0.717, 1.165) is 12.2 Å². The van der Waals surface area contributed by atoms with Gasteiger partial charge in [0.25, 0.3) is 0 Å². The first-order chi connectivity index (χ1) is 10.2. The number of nitrogens with zero attached hydrogens (tertiary/aromatic N) is 2. The summed E-state index contributed by atoms with van der Waals surface area (Å²) in [6, 6.07) is 13.1. The van der Waals surface area contributed by atoms with Crippen LogP contribution in [0.5, 0.6) is 0 Å². The molecule has 3 nitrogen and oxygen atoms in total. The summed E-state index contributed by atoms with van der Waals surface area (Å²) in [7, 11) is 0. The van der Waals surface area contributed by atoms with E-state index in [1.54, 1.807) is 17.5 Å². The summed E-state index contributed by atoms with van der Waals surface area (Å²) in [5.41, 5.74) is 2.42. The molecule has 0 bridgehead atoms. The van der Waals surface area contributed by atoms with Gasteiger partial charge in [0.15, 0.2) is 0 Å². The number of thiophene rings is 1. The van der Waals surface area contributed by atoms with Crippen LogP contribution in [0.25, 0.3) is 5.69 Å². The molecule has 21 heavy (non-hydrogen) atoms. The van der Waals surface area contributed by atoms with Gasteiger partial charge in [-0.2, -0.15) is 0 Å². The number of imidazole rings is 1. The fourth-order valence-corrected chi connectivity index (χ4v) is 3.60. The van der Waals surface area contributed by atoms with Crippen molar-refractivity contribution in [3.05, 3.63) is 69.3 Å². The molecule has 0 radical (unpaired) electrons. The van der Waals surface area contributed by atoms with E-state index in [-0.39, 0.29) is 0 Å². The Bertz CT molecular complexity index is 689. The van der Waals surface area contributed by atoms with Crippen molar-refractivity contribution < 1.29 is 0 Å². The summed E-state index contributed by atoms with van der Waals surface area (Å²) in [5, 5.41) is 3.55. The van der Waals surface area contributed by atoms with Crippen molar-refractivity contribution in [2.24, 2.45) is 0 Å². The van der Waals surface area contributed by atoms with E-state index in [1.165, 1.54) is 14.2 Å². The Morgan fingerprint density at radius 3 is 2.67 bits per heavy atom. The van der Waals surface area contributed by atoms with Crippen molar-refractivity contribution in [3.8, 4) is 5.69 Å². The zero-order valence-corrected chi connectivity index (χ0v) is 14.1. The lowest BCUT2D eigenvalue weighted by Gasteiger charge is -2.14. The number of hydrogen-bond acceptors (Lipinski definition) is 3. The minimum absolute atomic E-state index is 0.322. The SMILES string of the molecule is CC(NCc1ccc(Br)s1)c1ccc(-n2ccnc2)cc1. The summed E-state index contributed by atoms with van der Waals surface area (Å²) in [6.45, 7) is 3.08. The Hall–Kier alpha value is -1.43. The average molecular weight is 362 g/mol. The van der Waals surface area contributed by atoms with Crippen molar-refractivity contribution >= 4 is 27.3 Å². The summed E-state index contributed by atoms with van der Waals surface area (Å²) in [6.07, 6.45) is 5.55. The van der Waals surface area contributed by atoms with Gasteiger partial charge in [-0.25, -0.2) is 4.98 Å². The van der Waals surface area contributed by atoms with Gasteiger partial charge < -0.3 is 9.88 Å². The van der Waals surface area contributed by atoms with Crippen molar-refractivity contribution in [2.45, 2.75) is 19.5 Å². The van der Waals surface area contributed by atoms with E-state index in [2.05, 4.69) is 69.6 Å². The third-order valence-electron chi connectivity index (χ3n) is 3.41. The lowest BCUT2D eigenvalue weighted by molar-refractivity contribution is 0.579. The fraction of sp³-hybridized carbons (Fsp3) is 0.188. The molecule has 5 heteroatoms. The average Bonchev–Trinajstić information content (AvgIpc) is 3.16. The molecule has 1 unspecified atom stereocenters. The molecule has 0 saturated heterocycles. The van der Waals surface area contributed by atoms with Crippen molar-refractivity contribution in [2.75, 3.05) is 0 Å². The minimum atomic E-state index is 0.322. The summed E-state index contributed by atoms with van der Waals surface area (Å²) < 4.78 is 3.18. The molecule has 0 aliphatic heterocycles. The van der Waals surface area contributed by atoms with Gasteiger partial charge in [-0.1, -0.05) is 12.1 Å². The largest absolute Gasteiger partial charge is 0.306 e. The molecule has 0 spiro atoms. The Labute approximate surface area is 136 Å². The van der Waals surface area contributed by atoms with Gasteiger partial charge in [0.2, 0.25) is 0 Å². The maximum Gasteiger partial charge on any atom is 0.0991 e. The number of aromatic nitrogens is 2. The molecule has 3 rings (SSSR count). The molecule has 0 aliphatic rings. The van der Waals surface area contributed by atoms with Gasteiger partial charge in [-0.05, 0) is 52.7 Å². The van der Waals surface area contributed by atoms with E-state index in [4.69, 9.17) is 0 Å². The van der Waals surface area contributed by atoms with Gasteiger partial charge in [-0.3, -0.25) is 0 Å². The molecule has 108 valence electrons. The maximum atomic E-state index is 4.07. The zero-order valence-electron chi connectivity index (χ0n) is 11.7. The van der Waals surface area contributed by atoms with E-state index in [1.807, 2.05) is 17.1 Å². The first-order valence-corrected chi connectivity index (χ1v) is 8.39. The molecule has 0 fully saturated rings. The second-order valence-electron chi connectivity index (χ2n) is 4.87. The van der Waals surface area contributed by atoms with Crippen molar-refractivity contribution in [1.29, 1.82) is 0 Å². The number of hydrogen-bond donors (Lipinski definition) is 1. The van der Waals surface area contributed by atoms with E-state index in [9.17, 15) is 0 Å². The quantitative estimate of drug-likeness (QED) is 0.722. The summed E-state index contributed by atoms with van der Waals surface area (Å²) >= 11 is 5.26. The predicted molar refractivity (Wildman–Crippen MR) is 90.8 cm³/mol. The Balaban J connectivity index is 1.63. The smallest absolute Gasteiger partial charge is 0.0991 e. The van der Waals surface area contributed by atoms with Crippen LogP contribution < -0.4 is 5.32 Å². The van der Waals surface area contributed by atoms with Crippen molar-refractivity contribution in [1.82, 2.24) is 14.9 Å². The monoisotopic (exact) mass is 361 g/mol. The minimum Gasteiger partial charge on any atom is -0.306 e. The number of benzene rings is 1. The number of rotatable bonds is 5. The van der Waals surface area contributed by atoms with E-state index < -0.39 is 0 Å². The summed E-state index contributed by atoms with van der Waals surface area (Å²) in [4.78, 5) is 5.41. The molecule has 0 aliphatic carbocycles. The van der Waals surface area contributed by atoms with Gasteiger partial charge in [-0.15, -0.1) is 11.3 Å². The van der Waals surface area contributed by atoms with Crippen LogP contribution in [0.3, 0.4) is 0 Å². The molecular formula is C16H16BrN3S. The van der Waals surface area contributed by atoms with E-state index >= 15 is 0 Å². The molecule has 1 N–H and O–H groups in total. The van der Waals surface area contributed by atoms with Crippen LogP contribution >= 0.6 is 27.3 Å². The van der Waals surface area contributed by atoms with Crippen LogP contribution in [-0.4, -0.2) is 9.55 Å². The van der Waals surface area contributed by atoms with Crippen LogP contribution in [0.2, 0.25) is 0 Å². The third-order valence-corrected chi connectivity index (χ3v) is 5.03. The molecule has 1 aromatic carbocycles. The molecule has 0 saturated carbocycles. The number of halogens is 1. The van der Waals surface area contributed by atoms with Crippen LogP contribution in [-0.2, 0) is 6.54 Å². The maximum absolute atomic E-state index is 4.07. The highest BCUT2D eigenvalue weighted by molar-refractivity contribution is 9.11. The van der Waals surface area contributed by atoms with Crippen LogP contribution in [0, 0.1) is 0 Å². The lowest BCUT2D eigenvalue weighted by atomic mass is 10.1. The second kappa shape index (κ2) is 6.56.